The van der Waals surface area contributed by atoms with E-state index in [-0.39, 0.29) is 37.5 Å². The van der Waals surface area contributed by atoms with E-state index in [1.54, 1.807) is 35.2 Å². The lowest BCUT2D eigenvalue weighted by molar-refractivity contribution is -0.131. The minimum atomic E-state index is -0.339. The molecule has 0 aliphatic carbocycles. The van der Waals surface area contributed by atoms with Gasteiger partial charge in [0.05, 0.1) is 5.69 Å². The van der Waals surface area contributed by atoms with Crippen molar-refractivity contribution in [2.24, 2.45) is 0 Å². The van der Waals surface area contributed by atoms with E-state index in [1.807, 2.05) is 32.9 Å². The van der Waals surface area contributed by atoms with Gasteiger partial charge in [-0.1, -0.05) is 17.7 Å². The van der Waals surface area contributed by atoms with Crippen LogP contribution in [-0.2, 0) is 14.4 Å². The number of nitrogens with one attached hydrogen (secondary N) is 1. The number of hydrogen-bond acceptors (Lipinski definition) is 5. The first-order valence-corrected chi connectivity index (χ1v) is 10.3. The van der Waals surface area contributed by atoms with Crippen LogP contribution in [0.2, 0.25) is 0 Å². The normalized spacial score (nSPS) is 12.6. The second-order valence-electron chi connectivity index (χ2n) is 7.17. The first-order valence-electron chi connectivity index (χ1n) is 10.3. The Balaban J connectivity index is 1.69. The van der Waals surface area contributed by atoms with E-state index in [1.165, 1.54) is 4.90 Å². The minimum Gasteiger partial charge on any atom is -0.484 e. The number of hydrogen-bond donors (Lipinski definition) is 1. The number of amides is 3. The molecule has 31 heavy (non-hydrogen) atoms. The second kappa shape index (κ2) is 9.97. The number of nitrogens with zero attached hydrogens (tertiary/aromatic N) is 2. The maximum Gasteiger partial charge on any atom is 0.265 e. The number of carbonyl (C=O) groups is 3. The number of fused-ring (bicyclic) bond motifs is 1. The molecule has 0 saturated heterocycles. The molecule has 0 radical (unpaired) electrons. The molecule has 8 nitrogen and oxygen atoms in total. The first-order chi connectivity index (χ1) is 14.9. The van der Waals surface area contributed by atoms with Crippen molar-refractivity contribution in [1.82, 2.24) is 4.90 Å². The molecule has 0 bridgehead atoms. The number of carbonyl (C=O) groups excluding carboxylic acids is 3. The van der Waals surface area contributed by atoms with Crippen LogP contribution in [0.1, 0.15) is 19.4 Å². The van der Waals surface area contributed by atoms with Crippen molar-refractivity contribution in [2.45, 2.75) is 20.8 Å². The number of anilines is 2. The molecule has 3 amide bonds. The summed E-state index contributed by atoms with van der Waals surface area (Å²) in [6.07, 6.45) is 0. The Morgan fingerprint density at radius 2 is 1.84 bits per heavy atom. The van der Waals surface area contributed by atoms with Crippen molar-refractivity contribution in [3.63, 3.8) is 0 Å². The summed E-state index contributed by atoms with van der Waals surface area (Å²) in [6.45, 7) is 6.53. The monoisotopic (exact) mass is 425 g/mol. The van der Waals surface area contributed by atoms with Crippen molar-refractivity contribution in [2.75, 3.05) is 43.1 Å². The minimum absolute atomic E-state index is 0.0786. The van der Waals surface area contributed by atoms with Gasteiger partial charge in [0.1, 0.15) is 18.0 Å². The van der Waals surface area contributed by atoms with Gasteiger partial charge in [-0.2, -0.15) is 0 Å². The van der Waals surface area contributed by atoms with Gasteiger partial charge in [-0.05, 0) is 51.1 Å². The van der Waals surface area contributed by atoms with Crippen molar-refractivity contribution in [3.8, 4) is 11.5 Å². The van der Waals surface area contributed by atoms with E-state index in [2.05, 4.69) is 5.32 Å². The molecule has 2 aromatic carbocycles. The molecule has 0 aromatic heterocycles. The molecule has 0 spiro atoms. The number of likely N-dealkylation sites (N-methyl/N-ethyl adjacent to an activating group) is 1. The molecule has 1 N–H and O–H groups in total. The highest BCUT2D eigenvalue weighted by Crippen LogP contribution is 2.34. The average Bonchev–Trinajstić information content (AvgIpc) is 2.76. The van der Waals surface area contributed by atoms with Gasteiger partial charge in [0, 0.05) is 18.8 Å². The standard InChI is InChI=1S/C23H27N3O5/c1-4-25(5-2)22(28)13-26-19-12-17(8-11-20(19)31-15-23(26)29)24-21(27)14-30-18-9-6-16(3)7-10-18/h6-12H,4-5,13-15H2,1-3H3,(H,24,27). The number of aryl methyl sites for hydroxylation is 1. The Labute approximate surface area is 181 Å². The third kappa shape index (κ3) is 5.53. The molecular weight excluding hydrogens is 398 g/mol. The molecule has 3 rings (SSSR count). The van der Waals surface area contributed by atoms with Crippen LogP contribution < -0.4 is 19.7 Å². The number of rotatable bonds is 8. The Hall–Kier alpha value is -3.55. The van der Waals surface area contributed by atoms with E-state index in [0.717, 1.165) is 5.56 Å². The lowest BCUT2D eigenvalue weighted by Crippen LogP contribution is -2.46. The van der Waals surface area contributed by atoms with Crippen LogP contribution in [-0.4, -0.2) is 55.5 Å². The average molecular weight is 425 g/mol. The first kappa shape index (κ1) is 22.1. The quantitative estimate of drug-likeness (QED) is 0.702. The predicted molar refractivity (Wildman–Crippen MR) is 118 cm³/mol. The summed E-state index contributed by atoms with van der Waals surface area (Å²) < 4.78 is 11.0. The van der Waals surface area contributed by atoms with Crippen LogP contribution in [0.3, 0.4) is 0 Å². The fourth-order valence-corrected chi connectivity index (χ4v) is 3.25. The van der Waals surface area contributed by atoms with E-state index < -0.39 is 0 Å². The third-order valence-electron chi connectivity index (χ3n) is 4.99. The molecule has 1 aliphatic heterocycles. The zero-order valence-corrected chi connectivity index (χ0v) is 18.0. The summed E-state index contributed by atoms with van der Waals surface area (Å²) >= 11 is 0. The van der Waals surface area contributed by atoms with Gasteiger partial charge in [-0.25, -0.2) is 0 Å². The molecule has 1 aliphatic rings. The highest BCUT2D eigenvalue weighted by atomic mass is 16.5. The van der Waals surface area contributed by atoms with Gasteiger partial charge in [-0.3, -0.25) is 19.3 Å². The molecule has 0 fully saturated rings. The lowest BCUT2D eigenvalue weighted by Gasteiger charge is -2.31. The maximum atomic E-state index is 12.5. The third-order valence-corrected chi connectivity index (χ3v) is 4.99. The summed E-state index contributed by atoms with van der Waals surface area (Å²) in [6, 6.07) is 12.4. The maximum absolute atomic E-state index is 12.5. The van der Waals surface area contributed by atoms with Crippen LogP contribution in [0.5, 0.6) is 11.5 Å². The molecule has 0 atom stereocenters. The smallest absolute Gasteiger partial charge is 0.265 e. The Kier molecular flexibility index (Phi) is 7.12. The summed E-state index contributed by atoms with van der Waals surface area (Å²) in [5.41, 5.74) is 2.04. The summed E-state index contributed by atoms with van der Waals surface area (Å²) in [5, 5.41) is 2.75. The highest BCUT2D eigenvalue weighted by molar-refractivity contribution is 6.03. The van der Waals surface area contributed by atoms with Crippen LogP contribution in [0, 0.1) is 6.92 Å². The lowest BCUT2D eigenvalue weighted by atomic mass is 10.2. The van der Waals surface area contributed by atoms with E-state index in [0.29, 0.717) is 36.0 Å². The van der Waals surface area contributed by atoms with Gasteiger partial charge >= 0.3 is 0 Å². The summed E-state index contributed by atoms with van der Waals surface area (Å²) in [4.78, 5) is 40.3. The van der Waals surface area contributed by atoms with E-state index in [9.17, 15) is 14.4 Å². The zero-order valence-electron chi connectivity index (χ0n) is 18.0. The Morgan fingerprint density at radius 1 is 1.13 bits per heavy atom. The fourth-order valence-electron chi connectivity index (χ4n) is 3.25. The van der Waals surface area contributed by atoms with Crippen molar-refractivity contribution in [3.05, 3.63) is 48.0 Å². The van der Waals surface area contributed by atoms with Crippen LogP contribution >= 0.6 is 0 Å². The van der Waals surface area contributed by atoms with Gasteiger partial charge in [-0.15, -0.1) is 0 Å². The molecule has 8 heteroatoms. The molecule has 164 valence electrons. The second-order valence-corrected chi connectivity index (χ2v) is 7.17. The molecule has 0 saturated carbocycles. The van der Waals surface area contributed by atoms with E-state index >= 15 is 0 Å². The predicted octanol–water partition coefficient (Wildman–Crippen LogP) is 2.61. The molecule has 0 unspecified atom stereocenters. The van der Waals surface area contributed by atoms with Gasteiger partial charge in [0.15, 0.2) is 13.2 Å². The van der Waals surface area contributed by atoms with Crippen molar-refractivity contribution in [1.29, 1.82) is 0 Å². The van der Waals surface area contributed by atoms with Crippen LogP contribution in [0.15, 0.2) is 42.5 Å². The van der Waals surface area contributed by atoms with Crippen LogP contribution in [0.25, 0.3) is 0 Å². The fraction of sp³-hybridized carbons (Fsp3) is 0.348. The number of benzene rings is 2. The SMILES string of the molecule is CCN(CC)C(=O)CN1C(=O)COc2ccc(NC(=O)COc3ccc(C)cc3)cc21. The van der Waals surface area contributed by atoms with Gasteiger partial charge in [0.25, 0.3) is 11.8 Å². The van der Waals surface area contributed by atoms with Gasteiger partial charge < -0.3 is 19.7 Å². The van der Waals surface area contributed by atoms with Crippen molar-refractivity contribution < 1.29 is 23.9 Å². The zero-order chi connectivity index (χ0) is 22.4. The van der Waals surface area contributed by atoms with Crippen molar-refractivity contribution >= 4 is 29.1 Å². The summed E-state index contributed by atoms with van der Waals surface area (Å²) in [7, 11) is 0. The molecular formula is C23H27N3O5. The Morgan fingerprint density at radius 3 is 2.52 bits per heavy atom. The largest absolute Gasteiger partial charge is 0.484 e. The van der Waals surface area contributed by atoms with Crippen LogP contribution in [0.4, 0.5) is 11.4 Å². The van der Waals surface area contributed by atoms with E-state index in [4.69, 9.17) is 9.47 Å². The molecule has 2 aromatic rings. The Bertz CT molecular complexity index is 954. The highest BCUT2D eigenvalue weighted by Gasteiger charge is 2.29. The topological polar surface area (TPSA) is 88.2 Å². The van der Waals surface area contributed by atoms with Gasteiger partial charge in [0.2, 0.25) is 5.91 Å². The molecule has 1 heterocycles. The summed E-state index contributed by atoms with van der Waals surface area (Å²) in [5.74, 6) is 0.299. The number of ether oxygens (including phenoxy) is 2.